The minimum absolute atomic E-state index is 0.00783. The van der Waals surface area contributed by atoms with Gasteiger partial charge in [0, 0.05) is 0 Å². The van der Waals surface area contributed by atoms with Gasteiger partial charge in [-0.15, -0.1) is 0 Å². The van der Waals surface area contributed by atoms with Gasteiger partial charge in [-0.05, 0) is 102 Å². The number of aliphatic carboxylic acids is 1. The summed E-state index contributed by atoms with van der Waals surface area (Å²) in [5.41, 5.74) is 1.48. The lowest BCUT2D eigenvalue weighted by Gasteiger charge is -2.71. The summed E-state index contributed by atoms with van der Waals surface area (Å²) in [5, 5.41) is 31.9. The zero-order valence-electron chi connectivity index (χ0n) is 22.5. The molecule has 4 saturated carbocycles. The van der Waals surface area contributed by atoms with Gasteiger partial charge in [-0.25, -0.2) is 0 Å². The van der Waals surface area contributed by atoms with Crippen molar-refractivity contribution in [1.29, 1.82) is 0 Å². The van der Waals surface area contributed by atoms with Crippen molar-refractivity contribution in [3.05, 3.63) is 11.6 Å². The average Bonchev–Trinajstić information content (AvgIpc) is 2.74. The minimum Gasteiger partial charge on any atom is -0.481 e. The van der Waals surface area contributed by atoms with E-state index in [9.17, 15) is 20.1 Å². The number of carboxylic acids is 1. The van der Waals surface area contributed by atoms with Gasteiger partial charge >= 0.3 is 5.97 Å². The Morgan fingerprint density at radius 1 is 1.00 bits per heavy atom. The molecule has 5 aliphatic rings. The maximum atomic E-state index is 12.2. The van der Waals surface area contributed by atoms with Crippen LogP contribution < -0.4 is 0 Å². The summed E-state index contributed by atoms with van der Waals surface area (Å²) in [4.78, 5) is 12.2. The maximum Gasteiger partial charge on any atom is 0.306 e. The largest absolute Gasteiger partial charge is 0.481 e. The van der Waals surface area contributed by atoms with Crippen molar-refractivity contribution in [2.24, 2.45) is 63.1 Å². The van der Waals surface area contributed by atoms with E-state index >= 15 is 0 Å². The molecule has 0 aromatic rings. The molecule has 4 fully saturated rings. The van der Waals surface area contributed by atoms with E-state index in [0.717, 1.165) is 38.5 Å². The minimum atomic E-state index is -0.664. The number of aliphatic hydroxyl groups excluding tert-OH is 2. The van der Waals surface area contributed by atoms with Gasteiger partial charge in [0.05, 0.1) is 18.1 Å². The summed E-state index contributed by atoms with van der Waals surface area (Å²) < 4.78 is 0. The third-order valence-corrected chi connectivity index (χ3v) is 13.2. The van der Waals surface area contributed by atoms with Gasteiger partial charge in [-0.2, -0.15) is 0 Å². The van der Waals surface area contributed by atoms with Crippen LogP contribution in [0.15, 0.2) is 11.6 Å². The van der Waals surface area contributed by atoms with Crippen LogP contribution in [0.3, 0.4) is 0 Å². The lowest BCUT2D eigenvalue weighted by atomic mass is 9.34. The van der Waals surface area contributed by atoms with Gasteiger partial charge < -0.3 is 15.3 Å². The summed E-state index contributed by atoms with van der Waals surface area (Å²) in [5.74, 6) is 1.65. The van der Waals surface area contributed by atoms with E-state index in [-0.39, 0.29) is 33.5 Å². The molecule has 0 heterocycles. The fourth-order valence-electron chi connectivity index (χ4n) is 11.0. The van der Waals surface area contributed by atoms with E-state index in [2.05, 4.69) is 54.5 Å². The Morgan fingerprint density at radius 2 is 1.68 bits per heavy atom. The van der Waals surface area contributed by atoms with Crippen LogP contribution in [0.25, 0.3) is 0 Å². The van der Waals surface area contributed by atoms with E-state index < -0.39 is 18.2 Å². The van der Waals surface area contributed by atoms with Gasteiger partial charge in [-0.1, -0.05) is 60.1 Å². The molecule has 3 N–H and O–H groups in total. The molecule has 12 atom stereocenters. The Hall–Kier alpha value is -0.870. The zero-order valence-corrected chi connectivity index (χ0v) is 22.5. The molecule has 5 rings (SSSR count). The first kappa shape index (κ1) is 24.8. The molecule has 0 radical (unpaired) electrons. The number of allylic oxidation sites excluding steroid dienone is 2. The van der Waals surface area contributed by atoms with Crippen LogP contribution in [-0.2, 0) is 4.79 Å². The van der Waals surface area contributed by atoms with Crippen LogP contribution in [0.5, 0.6) is 0 Å². The van der Waals surface area contributed by atoms with Gasteiger partial charge in [0.1, 0.15) is 0 Å². The standard InChI is InChI=1S/C30H48O4/c1-16-14-19(26(33)34)18-10-12-29(6)20(24(18)17(16)2)8-9-23-28(5)15-21(31)25(32)27(3,4)22(28)11-13-30(23,29)7/h8,16-19,21-25,31-32H,9-15H2,1-7H3,(H,33,34)/t16-,17+,18?,19-,21+,22?,23?,24?,25+,28+,29-,30-/m1/s1. The van der Waals surface area contributed by atoms with Gasteiger partial charge in [0.2, 0.25) is 0 Å². The normalized spacial score (nSPS) is 56.3. The third-order valence-electron chi connectivity index (χ3n) is 13.2. The summed E-state index contributed by atoms with van der Waals surface area (Å²) in [7, 11) is 0. The third kappa shape index (κ3) is 2.93. The summed E-state index contributed by atoms with van der Waals surface area (Å²) in [6.07, 6.45) is 8.09. The Morgan fingerprint density at radius 3 is 2.32 bits per heavy atom. The number of fused-ring (bicyclic) bond motifs is 7. The highest BCUT2D eigenvalue weighted by Gasteiger charge is 2.68. The highest BCUT2D eigenvalue weighted by Crippen LogP contribution is 2.74. The van der Waals surface area contributed by atoms with E-state index in [1.807, 2.05) is 0 Å². The van der Waals surface area contributed by atoms with Crippen LogP contribution in [0.1, 0.15) is 93.4 Å². The molecule has 192 valence electrons. The molecule has 4 nitrogen and oxygen atoms in total. The topological polar surface area (TPSA) is 77.8 Å². The molecule has 34 heavy (non-hydrogen) atoms. The van der Waals surface area contributed by atoms with E-state index in [4.69, 9.17) is 0 Å². The number of carbonyl (C=O) groups is 1. The first-order valence-corrected chi connectivity index (χ1v) is 14.0. The lowest BCUT2D eigenvalue weighted by molar-refractivity contribution is -0.230. The molecule has 0 saturated heterocycles. The van der Waals surface area contributed by atoms with Crippen LogP contribution >= 0.6 is 0 Å². The second-order valence-electron chi connectivity index (χ2n) is 14.6. The molecule has 0 bridgehead atoms. The molecule has 5 aliphatic carbocycles. The lowest BCUT2D eigenvalue weighted by Crippen LogP contribution is -2.66. The van der Waals surface area contributed by atoms with Crippen LogP contribution in [0.4, 0.5) is 0 Å². The van der Waals surface area contributed by atoms with Crippen molar-refractivity contribution in [1.82, 2.24) is 0 Å². The highest BCUT2D eigenvalue weighted by atomic mass is 16.4. The van der Waals surface area contributed by atoms with Crippen LogP contribution in [-0.4, -0.2) is 33.5 Å². The number of hydrogen-bond donors (Lipinski definition) is 3. The number of aliphatic hydroxyl groups is 2. The monoisotopic (exact) mass is 472 g/mol. The molecule has 0 spiro atoms. The Kier molecular flexibility index (Phi) is 5.52. The molecular weight excluding hydrogens is 424 g/mol. The van der Waals surface area contributed by atoms with Crippen molar-refractivity contribution in [3.63, 3.8) is 0 Å². The first-order chi connectivity index (χ1) is 15.7. The SMILES string of the molecule is C[C@@H]1C[C@@H](C(=O)O)C2CC[C@]3(C)C(=CCC4[C@@]5(C)C[C@H](O)[C@H](O)C(C)(C)C5CC[C@]43C)C2[C@H]1C. The molecule has 0 aliphatic heterocycles. The Bertz CT molecular complexity index is 892. The van der Waals surface area contributed by atoms with Crippen LogP contribution in [0, 0.1) is 63.1 Å². The van der Waals surface area contributed by atoms with Crippen LogP contribution in [0.2, 0.25) is 0 Å². The quantitative estimate of drug-likeness (QED) is 0.414. The van der Waals surface area contributed by atoms with E-state index in [0.29, 0.717) is 36.0 Å². The van der Waals surface area contributed by atoms with Crippen molar-refractivity contribution in [2.75, 3.05) is 0 Å². The van der Waals surface area contributed by atoms with Gasteiger partial charge in [-0.3, -0.25) is 4.79 Å². The Labute approximate surface area is 206 Å². The molecule has 0 aromatic heterocycles. The molecule has 0 amide bonds. The van der Waals surface area contributed by atoms with E-state index in [1.165, 1.54) is 0 Å². The Balaban J connectivity index is 1.58. The fraction of sp³-hybridized carbons (Fsp3) is 0.900. The highest BCUT2D eigenvalue weighted by molar-refractivity contribution is 5.71. The summed E-state index contributed by atoms with van der Waals surface area (Å²) in [6, 6.07) is 0. The second-order valence-corrected chi connectivity index (χ2v) is 14.6. The molecule has 0 aromatic carbocycles. The fourth-order valence-corrected chi connectivity index (χ4v) is 11.0. The van der Waals surface area contributed by atoms with Crippen molar-refractivity contribution < 1.29 is 20.1 Å². The number of hydrogen-bond acceptors (Lipinski definition) is 3. The van der Waals surface area contributed by atoms with Crippen molar-refractivity contribution in [2.45, 2.75) is 106 Å². The van der Waals surface area contributed by atoms with Crippen molar-refractivity contribution in [3.8, 4) is 0 Å². The van der Waals surface area contributed by atoms with E-state index in [1.54, 1.807) is 5.57 Å². The maximum absolute atomic E-state index is 12.2. The van der Waals surface area contributed by atoms with Gasteiger partial charge in [0.15, 0.2) is 0 Å². The average molecular weight is 473 g/mol. The second kappa shape index (κ2) is 7.57. The number of carboxylic acid groups (broad SMARTS) is 1. The summed E-state index contributed by atoms with van der Waals surface area (Å²) in [6.45, 7) is 16.4. The summed E-state index contributed by atoms with van der Waals surface area (Å²) >= 11 is 0. The number of rotatable bonds is 1. The predicted molar refractivity (Wildman–Crippen MR) is 134 cm³/mol. The zero-order chi connectivity index (χ0) is 25.0. The first-order valence-electron chi connectivity index (χ1n) is 14.0. The molecule has 4 unspecified atom stereocenters. The molecule has 4 heteroatoms. The predicted octanol–water partition coefficient (Wildman–Crippen LogP) is 5.92. The smallest absolute Gasteiger partial charge is 0.306 e. The van der Waals surface area contributed by atoms with Gasteiger partial charge in [0.25, 0.3) is 0 Å². The molecular formula is C30H48O4. The van der Waals surface area contributed by atoms with Crippen molar-refractivity contribution >= 4 is 5.97 Å².